The second-order valence-corrected chi connectivity index (χ2v) is 7.85. The van der Waals surface area contributed by atoms with E-state index in [1.165, 1.54) is 0 Å². The molecule has 0 bridgehead atoms. The van der Waals surface area contributed by atoms with Crippen molar-refractivity contribution in [3.05, 3.63) is 82.4 Å². The average Bonchev–Trinajstić information content (AvgIpc) is 3.21. The lowest BCUT2D eigenvalue weighted by molar-refractivity contribution is 0.0520. The predicted molar refractivity (Wildman–Crippen MR) is 130 cm³/mol. The number of rotatable bonds is 11. The van der Waals surface area contributed by atoms with Crippen molar-refractivity contribution >= 4 is 12.1 Å². The van der Waals surface area contributed by atoms with Crippen LogP contribution in [0.2, 0.25) is 0 Å². The number of aromatic nitrogens is 2. The molecule has 2 N–H and O–H groups in total. The largest absolute Gasteiger partial charge is 0.461 e. The summed E-state index contributed by atoms with van der Waals surface area (Å²) in [5.41, 5.74) is 1.71. The molecule has 2 aromatic carbocycles. The second kappa shape index (κ2) is 12.4. The molecule has 0 spiro atoms. The maximum absolute atomic E-state index is 13.1. The Morgan fingerprint density at radius 3 is 2.32 bits per heavy atom. The Hall–Kier alpha value is -3.81. The number of hydrogen-bond donors (Lipinski definition) is 2. The maximum atomic E-state index is 13.1. The number of carbonyl (C=O) groups excluding carboxylic acids is 2. The van der Waals surface area contributed by atoms with E-state index in [2.05, 4.69) is 17.2 Å². The average molecular weight is 466 g/mol. The fraction of sp³-hybridized carbons (Fsp3) is 0.346. The van der Waals surface area contributed by atoms with Crippen LogP contribution in [0.25, 0.3) is 11.3 Å². The third-order valence-electron chi connectivity index (χ3n) is 5.41. The van der Waals surface area contributed by atoms with E-state index in [0.717, 1.165) is 18.4 Å². The number of esters is 1. The summed E-state index contributed by atoms with van der Waals surface area (Å²) in [4.78, 5) is 40.7. The van der Waals surface area contributed by atoms with Gasteiger partial charge in [-0.3, -0.25) is 9.55 Å². The number of nitrogens with zero attached hydrogens (tertiary/aromatic N) is 1. The van der Waals surface area contributed by atoms with E-state index in [9.17, 15) is 14.4 Å². The minimum absolute atomic E-state index is 0.103. The number of carbonyl (C=O) groups is 2. The molecule has 34 heavy (non-hydrogen) atoms. The highest BCUT2D eigenvalue weighted by Crippen LogP contribution is 2.27. The van der Waals surface area contributed by atoms with E-state index < -0.39 is 17.8 Å². The molecule has 0 saturated carbocycles. The number of benzene rings is 2. The van der Waals surface area contributed by atoms with Crippen molar-refractivity contribution in [2.24, 2.45) is 0 Å². The minimum atomic E-state index is -0.596. The number of ether oxygens (including phenoxy) is 2. The summed E-state index contributed by atoms with van der Waals surface area (Å²) in [6, 6.07) is 18.2. The van der Waals surface area contributed by atoms with Crippen molar-refractivity contribution < 1.29 is 19.1 Å². The fourth-order valence-electron chi connectivity index (χ4n) is 3.76. The molecule has 1 heterocycles. The van der Waals surface area contributed by atoms with E-state index in [-0.39, 0.29) is 31.5 Å². The zero-order valence-electron chi connectivity index (χ0n) is 19.6. The first-order valence-electron chi connectivity index (χ1n) is 11.6. The maximum Gasteiger partial charge on any atom is 0.407 e. The van der Waals surface area contributed by atoms with Crippen LogP contribution < -0.4 is 11.0 Å². The highest BCUT2D eigenvalue weighted by atomic mass is 16.5. The van der Waals surface area contributed by atoms with Crippen LogP contribution in [0.15, 0.2) is 65.5 Å². The van der Waals surface area contributed by atoms with Crippen LogP contribution in [0.3, 0.4) is 0 Å². The number of hydrogen-bond acceptors (Lipinski definition) is 5. The predicted octanol–water partition coefficient (Wildman–Crippen LogP) is 4.68. The molecule has 0 aliphatic carbocycles. The van der Waals surface area contributed by atoms with Crippen LogP contribution in [0.1, 0.15) is 55.2 Å². The molecule has 8 heteroatoms. The van der Waals surface area contributed by atoms with Crippen molar-refractivity contribution in [3.63, 3.8) is 0 Å². The van der Waals surface area contributed by atoms with Gasteiger partial charge in [0.2, 0.25) is 0 Å². The van der Waals surface area contributed by atoms with Gasteiger partial charge in [0.25, 0.3) is 0 Å². The summed E-state index contributed by atoms with van der Waals surface area (Å²) in [5.74, 6) is -0.596. The summed E-state index contributed by atoms with van der Waals surface area (Å²) in [7, 11) is 0. The van der Waals surface area contributed by atoms with Crippen LogP contribution in [0.4, 0.5) is 4.79 Å². The van der Waals surface area contributed by atoms with Crippen molar-refractivity contribution in [2.45, 2.75) is 45.8 Å². The Morgan fingerprint density at radius 2 is 1.68 bits per heavy atom. The number of imidazole rings is 1. The first-order chi connectivity index (χ1) is 16.5. The fourth-order valence-corrected chi connectivity index (χ4v) is 3.76. The third-order valence-corrected chi connectivity index (χ3v) is 5.41. The monoisotopic (exact) mass is 465 g/mol. The van der Waals surface area contributed by atoms with Gasteiger partial charge in [0, 0.05) is 12.1 Å². The van der Waals surface area contributed by atoms with Crippen LogP contribution in [-0.4, -0.2) is 34.8 Å². The summed E-state index contributed by atoms with van der Waals surface area (Å²) >= 11 is 0. The Labute approximate surface area is 198 Å². The van der Waals surface area contributed by atoms with Gasteiger partial charge >= 0.3 is 17.8 Å². The van der Waals surface area contributed by atoms with E-state index in [4.69, 9.17) is 9.47 Å². The molecule has 1 unspecified atom stereocenters. The van der Waals surface area contributed by atoms with Crippen molar-refractivity contribution in [1.29, 1.82) is 0 Å². The van der Waals surface area contributed by atoms with Gasteiger partial charge in [0.1, 0.15) is 6.61 Å². The Morgan fingerprint density at radius 1 is 1.00 bits per heavy atom. The lowest BCUT2D eigenvalue weighted by Gasteiger charge is -2.21. The zero-order chi connectivity index (χ0) is 24.3. The summed E-state index contributed by atoms with van der Waals surface area (Å²) < 4.78 is 12.0. The van der Waals surface area contributed by atoms with E-state index in [0.29, 0.717) is 17.7 Å². The highest BCUT2D eigenvalue weighted by molar-refractivity contribution is 5.94. The van der Waals surface area contributed by atoms with Gasteiger partial charge in [-0.15, -0.1) is 0 Å². The zero-order valence-corrected chi connectivity index (χ0v) is 19.6. The topological polar surface area (TPSA) is 102 Å². The number of aromatic amines is 1. The quantitative estimate of drug-likeness (QED) is 0.401. The Bertz CT molecular complexity index is 1120. The third kappa shape index (κ3) is 6.37. The van der Waals surface area contributed by atoms with Crippen molar-refractivity contribution in [3.8, 4) is 11.3 Å². The molecule has 8 nitrogen and oxygen atoms in total. The molecular formula is C26H31N3O5. The van der Waals surface area contributed by atoms with Crippen LogP contribution in [0, 0.1) is 0 Å². The summed E-state index contributed by atoms with van der Waals surface area (Å²) in [6.45, 7) is 4.28. The first kappa shape index (κ1) is 24.8. The molecule has 180 valence electrons. The number of H-pyrrole nitrogens is 1. The SMILES string of the molecule is CCCCC(CNC(=O)OCc1ccccc1)n1c(-c2ccccc2)c(C(=O)OCC)[nH]c1=O. The highest BCUT2D eigenvalue weighted by Gasteiger charge is 2.27. The number of unbranched alkanes of at least 4 members (excludes halogenated alkanes) is 1. The van der Waals surface area contributed by atoms with Gasteiger partial charge < -0.3 is 14.8 Å². The minimum Gasteiger partial charge on any atom is -0.461 e. The molecular weight excluding hydrogens is 434 g/mol. The van der Waals surface area contributed by atoms with Gasteiger partial charge in [-0.05, 0) is 18.9 Å². The standard InChI is InChI=1S/C26H31N3O5/c1-3-5-16-21(17-27-26(32)34-18-19-12-8-6-9-13-19)29-23(20-14-10-7-11-15-20)22(28-25(29)31)24(30)33-4-2/h6-15,21H,3-5,16-18H2,1-2H3,(H,27,32)(H,28,31). The van der Waals surface area contributed by atoms with Gasteiger partial charge in [-0.25, -0.2) is 14.4 Å². The number of amides is 1. The van der Waals surface area contributed by atoms with Gasteiger partial charge in [-0.2, -0.15) is 0 Å². The van der Waals surface area contributed by atoms with Gasteiger partial charge in [0.15, 0.2) is 5.69 Å². The lowest BCUT2D eigenvalue weighted by Crippen LogP contribution is -2.35. The van der Waals surface area contributed by atoms with Crippen LogP contribution in [0.5, 0.6) is 0 Å². The molecule has 1 atom stereocenters. The van der Waals surface area contributed by atoms with Gasteiger partial charge in [0.05, 0.1) is 18.3 Å². The van der Waals surface area contributed by atoms with Crippen LogP contribution in [-0.2, 0) is 16.1 Å². The molecule has 3 aromatic rings. The number of nitrogens with one attached hydrogen (secondary N) is 2. The van der Waals surface area contributed by atoms with Crippen LogP contribution >= 0.6 is 0 Å². The van der Waals surface area contributed by atoms with E-state index >= 15 is 0 Å². The molecule has 1 aromatic heterocycles. The summed E-state index contributed by atoms with van der Waals surface area (Å²) in [5, 5.41) is 2.78. The molecule has 1 amide bonds. The Kier molecular flexibility index (Phi) is 9.08. The van der Waals surface area contributed by atoms with E-state index in [1.54, 1.807) is 11.5 Å². The molecule has 0 radical (unpaired) electrons. The molecule has 0 saturated heterocycles. The van der Waals surface area contributed by atoms with E-state index in [1.807, 2.05) is 60.7 Å². The lowest BCUT2D eigenvalue weighted by atomic mass is 10.1. The van der Waals surface area contributed by atoms with Crippen molar-refractivity contribution in [2.75, 3.05) is 13.2 Å². The second-order valence-electron chi connectivity index (χ2n) is 7.85. The molecule has 3 rings (SSSR count). The number of alkyl carbamates (subject to hydrolysis) is 1. The molecule has 0 fully saturated rings. The molecule has 0 aliphatic rings. The first-order valence-corrected chi connectivity index (χ1v) is 11.6. The molecule has 0 aliphatic heterocycles. The smallest absolute Gasteiger partial charge is 0.407 e. The summed E-state index contributed by atoms with van der Waals surface area (Å²) in [6.07, 6.45) is 1.82. The van der Waals surface area contributed by atoms with Gasteiger partial charge in [-0.1, -0.05) is 80.4 Å². The van der Waals surface area contributed by atoms with Crippen molar-refractivity contribution in [1.82, 2.24) is 14.9 Å². The Balaban J connectivity index is 1.86. The normalized spacial score (nSPS) is 11.6.